The van der Waals surface area contributed by atoms with Gasteiger partial charge in [-0.25, -0.2) is 4.98 Å². The van der Waals surface area contributed by atoms with E-state index in [-0.39, 0.29) is 0 Å². The molecule has 1 aliphatic carbocycles. The van der Waals surface area contributed by atoms with Crippen molar-refractivity contribution in [2.24, 2.45) is 0 Å². The maximum absolute atomic E-state index is 5.61. The van der Waals surface area contributed by atoms with Crippen LogP contribution in [0.5, 0.6) is 0 Å². The van der Waals surface area contributed by atoms with Gasteiger partial charge in [0.15, 0.2) is 5.13 Å². The summed E-state index contributed by atoms with van der Waals surface area (Å²) in [6, 6.07) is 0. The van der Waals surface area contributed by atoms with Gasteiger partial charge < -0.3 is 11.1 Å². The van der Waals surface area contributed by atoms with Crippen molar-refractivity contribution in [3.63, 3.8) is 0 Å². The Labute approximate surface area is 82.4 Å². The lowest BCUT2D eigenvalue weighted by Gasteiger charge is -2.41. The van der Waals surface area contributed by atoms with Crippen molar-refractivity contribution >= 4 is 21.5 Å². The third kappa shape index (κ3) is 1.63. The average molecular weight is 197 g/mol. The van der Waals surface area contributed by atoms with Gasteiger partial charge in [-0.15, -0.1) is 0 Å². The minimum Gasteiger partial charge on any atom is -0.389 e. The Kier molecular flexibility index (Phi) is 2.15. The maximum Gasteiger partial charge on any atom is 0.185 e. The van der Waals surface area contributed by atoms with Gasteiger partial charge in [-0.2, -0.15) is 0 Å². The molecule has 4 heteroatoms. The minimum absolute atomic E-state index is 0.324. The SMILES string of the molecule is CCC1(Nc2ncc(N)s2)CCC1. The molecule has 1 aromatic rings. The van der Waals surface area contributed by atoms with E-state index in [1.165, 1.54) is 37.0 Å². The highest BCUT2D eigenvalue weighted by molar-refractivity contribution is 7.19. The molecule has 0 bridgehead atoms. The van der Waals surface area contributed by atoms with E-state index < -0.39 is 0 Å². The Bertz CT molecular complexity index is 285. The Morgan fingerprint density at radius 2 is 2.46 bits per heavy atom. The summed E-state index contributed by atoms with van der Waals surface area (Å²) in [6.07, 6.45) is 6.76. The molecule has 2 rings (SSSR count). The molecule has 0 amide bonds. The van der Waals surface area contributed by atoms with Crippen LogP contribution < -0.4 is 11.1 Å². The lowest BCUT2D eigenvalue weighted by molar-refractivity contribution is 0.269. The molecule has 0 radical (unpaired) electrons. The highest BCUT2D eigenvalue weighted by Crippen LogP contribution is 2.38. The molecule has 1 aliphatic rings. The molecule has 0 aliphatic heterocycles. The monoisotopic (exact) mass is 197 g/mol. The number of nitrogens with zero attached hydrogens (tertiary/aromatic N) is 1. The summed E-state index contributed by atoms with van der Waals surface area (Å²) >= 11 is 1.53. The molecule has 3 N–H and O–H groups in total. The standard InChI is InChI=1S/C9H15N3S/c1-2-9(4-3-5-9)12-8-11-6-7(10)13-8/h6H,2-5,10H2,1H3,(H,11,12). The van der Waals surface area contributed by atoms with Crippen molar-refractivity contribution in [3.05, 3.63) is 6.20 Å². The van der Waals surface area contributed by atoms with Gasteiger partial charge in [-0.1, -0.05) is 18.3 Å². The van der Waals surface area contributed by atoms with Gasteiger partial charge >= 0.3 is 0 Å². The van der Waals surface area contributed by atoms with Crippen molar-refractivity contribution in [1.82, 2.24) is 4.98 Å². The summed E-state index contributed by atoms with van der Waals surface area (Å²) in [7, 11) is 0. The Hall–Kier alpha value is -0.770. The number of nitrogen functional groups attached to an aromatic ring is 1. The van der Waals surface area contributed by atoms with E-state index in [1.54, 1.807) is 6.20 Å². The fourth-order valence-electron chi connectivity index (χ4n) is 1.74. The van der Waals surface area contributed by atoms with Crippen molar-refractivity contribution in [3.8, 4) is 0 Å². The maximum atomic E-state index is 5.61. The van der Waals surface area contributed by atoms with Crippen molar-refractivity contribution < 1.29 is 0 Å². The van der Waals surface area contributed by atoms with Crippen LogP contribution in [-0.2, 0) is 0 Å². The molecule has 72 valence electrons. The molecule has 3 nitrogen and oxygen atoms in total. The molecule has 0 saturated heterocycles. The van der Waals surface area contributed by atoms with Crippen molar-refractivity contribution in [1.29, 1.82) is 0 Å². The van der Waals surface area contributed by atoms with Gasteiger partial charge in [0.1, 0.15) is 5.00 Å². The van der Waals surface area contributed by atoms with Crippen LogP contribution in [0.3, 0.4) is 0 Å². The van der Waals surface area contributed by atoms with Crippen LogP contribution in [0.1, 0.15) is 32.6 Å². The smallest absolute Gasteiger partial charge is 0.185 e. The number of nitrogens with one attached hydrogen (secondary N) is 1. The summed E-state index contributed by atoms with van der Waals surface area (Å²) in [5.74, 6) is 0. The van der Waals surface area contributed by atoms with Crippen LogP contribution in [0.4, 0.5) is 10.1 Å². The first-order valence-electron chi connectivity index (χ1n) is 4.74. The second kappa shape index (κ2) is 3.18. The van der Waals surface area contributed by atoms with Crippen LogP contribution in [0.2, 0.25) is 0 Å². The average Bonchev–Trinajstić information content (AvgIpc) is 2.44. The van der Waals surface area contributed by atoms with Gasteiger partial charge in [0.05, 0.1) is 6.20 Å². The zero-order valence-electron chi connectivity index (χ0n) is 7.84. The van der Waals surface area contributed by atoms with Crippen LogP contribution >= 0.6 is 11.3 Å². The van der Waals surface area contributed by atoms with Gasteiger partial charge in [0, 0.05) is 5.54 Å². The zero-order chi connectivity index (χ0) is 9.31. The van der Waals surface area contributed by atoms with E-state index in [1.807, 2.05) is 0 Å². The second-order valence-corrected chi connectivity index (χ2v) is 4.74. The van der Waals surface area contributed by atoms with E-state index in [9.17, 15) is 0 Å². The van der Waals surface area contributed by atoms with E-state index in [0.717, 1.165) is 10.1 Å². The highest BCUT2D eigenvalue weighted by atomic mass is 32.1. The van der Waals surface area contributed by atoms with Gasteiger partial charge in [-0.3, -0.25) is 0 Å². The number of hydrogen-bond acceptors (Lipinski definition) is 4. The third-order valence-corrected chi connectivity index (χ3v) is 3.63. The first-order chi connectivity index (χ1) is 6.24. The molecule has 0 aromatic carbocycles. The summed E-state index contributed by atoms with van der Waals surface area (Å²) < 4.78 is 0. The highest BCUT2D eigenvalue weighted by Gasteiger charge is 2.35. The number of thiazole rings is 1. The van der Waals surface area contributed by atoms with E-state index in [4.69, 9.17) is 5.73 Å². The lowest BCUT2D eigenvalue weighted by atomic mass is 9.75. The Morgan fingerprint density at radius 3 is 2.85 bits per heavy atom. The fourth-order valence-corrected chi connectivity index (χ4v) is 2.44. The normalized spacial score (nSPS) is 19.5. The number of rotatable bonds is 3. The van der Waals surface area contributed by atoms with E-state index >= 15 is 0 Å². The Balaban J connectivity index is 2.04. The first-order valence-corrected chi connectivity index (χ1v) is 5.55. The molecule has 1 heterocycles. The van der Waals surface area contributed by atoms with Crippen LogP contribution in [-0.4, -0.2) is 10.5 Å². The minimum atomic E-state index is 0.324. The van der Waals surface area contributed by atoms with Crippen LogP contribution in [0, 0.1) is 0 Å². The second-order valence-electron chi connectivity index (χ2n) is 3.68. The summed E-state index contributed by atoms with van der Waals surface area (Å²) in [4.78, 5) is 4.21. The fraction of sp³-hybridized carbons (Fsp3) is 0.667. The Morgan fingerprint density at radius 1 is 1.69 bits per heavy atom. The topological polar surface area (TPSA) is 50.9 Å². The number of hydrogen-bond donors (Lipinski definition) is 2. The molecule has 0 unspecified atom stereocenters. The van der Waals surface area contributed by atoms with Crippen LogP contribution in [0.15, 0.2) is 6.20 Å². The summed E-state index contributed by atoms with van der Waals surface area (Å²) in [5, 5.41) is 5.25. The molecule has 0 spiro atoms. The van der Waals surface area contributed by atoms with Gasteiger partial charge in [0.25, 0.3) is 0 Å². The van der Waals surface area contributed by atoms with E-state index in [2.05, 4.69) is 17.2 Å². The van der Waals surface area contributed by atoms with Crippen molar-refractivity contribution in [2.45, 2.75) is 38.1 Å². The molecule has 1 aromatic heterocycles. The molecule has 0 atom stereocenters. The number of anilines is 2. The summed E-state index contributed by atoms with van der Waals surface area (Å²) in [6.45, 7) is 2.23. The molecule has 1 fully saturated rings. The third-order valence-electron chi connectivity index (χ3n) is 2.88. The van der Waals surface area contributed by atoms with Crippen LogP contribution in [0.25, 0.3) is 0 Å². The molecular weight excluding hydrogens is 182 g/mol. The predicted molar refractivity (Wildman–Crippen MR) is 57.0 cm³/mol. The van der Waals surface area contributed by atoms with Crippen molar-refractivity contribution in [2.75, 3.05) is 11.1 Å². The van der Waals surface area contributed by atoms with E-state index in [0.29, 0.717) is 5.54 Å². The number of nitrogens with two attached hydrogens (primary N) is 1. The molecule has 13 heavy (non-hydrogen) atoms. The molecular formula is C9H15N3S. The lowest BCUT2D eigenvalue weighted by Crippen LogP contribution is -2.44. The predicted octanol–water partition coefficient (Wildman–Crippen LogP) is 2.47. The first kappa shape index (κ1) is 8.81. The zero-order valence-corrected chi connectivity index (χ0v) is 8.66. The molecule has 1 saturated carbocycles. The quantitative estimate of drug-likeness (QED) is 0.782. The largest absolute Gasteiger partial charge is 0.389 e. The van der Waals surface area contributed by atoms with Gasteiger partial charge in [0.2, 0.25) is 0 Å². The number of aromatic nitrogens is 1. The summed E-state index contributed by atoms with van der Waals surface area (Å²) in [5.41, 5.74) is 5.94. The van der Waals surface area contributed by atoms with Gasteiger partial charge in [-0.05, 0) is 25.7 Å².